The van der Waals surface area contributed by atoms with E-state index in [-0.39, 0.29) is 22.4 Å². The Morgan fingerprint density at radius 3 is 2.83 bits per heavy atom. The molecule has 7 heteroatoms. The molecule has 0 saturated heterocycles. The summed E-state index contributed by atoms with van der Waals surface area (Å²) in [6.45, 7) is 0. The zero-order chi connectivity index (χ0) is 13.1. The molecule has 1 aromatic carbocycles. The molecule has 0 saturated carbocycles. The summed E-state index contributed by atoms with van der Waals surface area (Å²) >= 11 is 5.53. The molecule has 0 aliphatic heterocycles. The molecule has 2 aromatic rings. The molecule has 90 valence electrons. The van der Waals surface area contributed by atoms with E-state index in [9.17, 15) is 8.78 Å². The number of halogens is 3. The summed E-state index contributed by atoms with van der Waals surface area (Å²) < 4.78 is 26.3. The van der Waals surface area contributed by atoms with Crippen molar-refractivity contribution in [1.82, 2.24) is 9.97 Å². The monoisotopic (exact) mass is 266 g/mol. The molecule has 1 heterocycles. The minimum absolute atomic E-state index is 0.0316. The lowest BCUT2D eigenvalue weighted by Gasteiger charge is -2.08. The van der Waals surface area contributed by atoms with Gasteiger partial charge in [0.15, 0.2) is 11.6 Å². The van der Waals surface area contributed by atoms with Crippen LogP contribution in [0.4, 0.5) is 20.3 Å². The fourth-order valence-electron chi connectivity index (χ4n) is 1.28. The largest absolute Gasteiger partial charge is 0.337 e. The number of anilines is 2. The van der Waals surface area contributed by atoms with Gasteiger partial charge in [-0.05, 0) is 29.8 Å². The second-order valence-electron chi connectivity index (χ2n) is 3.26. The van der Waals surface area contributed by atoms with Gasteiger partial charge in [-0.3, -0.25) is 0 Å². The smallest absolute Gasteiger partial charge is 0.224 e. The van der Waals surface area contributed by atoms with Gasteiger partial charge in [0.1, 0.15) is 11.9 Å². The first-order chi connectivity index (χ1) is 8.60. The molecule has 0 aliphatic rings. The van der Waals surface area contributed by atoms with Crippen LogP contribution in [0.2, 0.25) is 5.28 Å². The van der Waals surface area contributed by atoms with Gasteiger partial charge in [-0.15, -0.1) is 0 Å². The molecular formula is C11H5ClF2N4. The van der Waals surface area contributed by atoms with Crippen LogP contribution < -0.4 is 5.32 Å². The SMILES string of the molecule is N#Cc1cc(F)ccc1Nc1nc(Cl)ncc1F. The maximum absolute atomic E-state index is 13.4. The van der Waals surface area contributed by atoms with E-state index in [0.29, 0.717) is 0 Å². The van der Waals surface area contributed by atoms with Crippen molar-refractivity contribution in [2.75, 3.05) is 5.32 Å². The second-order valence-corrected chi connectivity index (χ2v) is 3.60. The van der Waals surface area contributed by atoms with Crippen LogP contribution in [-0.4, -0.2) is 9.97 Å². The molecule has 2 rings (SSSR count). The van der Waals surface area contributed by atoms with Crippen molar-refractivity contribution < 1.29 is 8.78 Å². The van der Waals surface area contributed by atoms with Crippen LogP contribution in [-0.2, 0) is 0 Å². The van der Waals surface area contributed by atoms with Gasteiger partial charge >= 0.3 is 0 Å². The van der Waals surface area contributed by atoms with Crippen molar-refractivity contribution in [3.05, 3.63) is 46.9 Å². The minimum atomic E-state index is -0.729. The lowest BCUT2D eigenvalue weighted by atomic mass is 10.2. The molecule has 0 unspecified atom stereocenters. The first kappa shape index (κ1) is 12.2. The van der Waals surface area contributed by atoms with Gasteiger partial charge in [-0.2, -0.15) is 10.2 Å². The zero-order valence-corrected chi connectivity index (χ0v) is 9.54. The Bertz CT molecular complexity index is 639. The van der Waals surface area contributed by atoms with Crippen LogP contribution >= 0.6 is 11.6 Å². The van der Waals surface area contributed by atoms with Crippen molar-refractivity contribution in [2.24, 2.45) is 0 Å². The van der Waals surface area contributed by atoms with Gasteiger partial charge in [-0.1, -0.05) is 0 Å². The third-order valence-electron chi connectivity index (χ3n) is 2.07. The minimum Gasteiger partial charge on any atom is -0.337 e. The Morgan fingerprint density at radius 1 is 1.33 bits per heavy atom. The van der Waals surface area contributed by atoms with E-state index in [0.717, 1.165) is 18.3 Å². The van der Waals surface area contributed by atoms with Gasteiger partial charge < -0.3 is 5.32 Å². The molecular weight excluding hydrogens is 262 g/mol. The summed E-state index contributed by atoms with van der Waals surface area (Å²) in [6.07, 6.45) is 0.896. The summed E-state index contributed by atoms with van der Waals surface area (Å²) in [4.78, 5) is 7.08. The van der Waals surface area contributed by atoms with Crippen molar-refractivity contribution in [3.63, 3.8) is 0 Å². The van der Waals surface area contributed by atoms with Crippen molar-refractivity contribution >= 4 is 23.1 Å². The predicted molar refractivity (Wildman–Crippen MR) is 61.4 cm³/mol. The van der Waals surface area contributed by atoms with Crippen LogP contribution in [0.25, 0.3) is 0 Å². The zero-order valence-electron chi connectivity index (χ0n) is 8.78. The molecule has 0 radical (unpaired) electrons. The van der Waals surface area contributed by atoms with E-state index >= 15 is 0 Å². The Labute approximate surface area is 106 Å². The normalized spacial score (nSPS) is 9.89. The number of hydrogen-bond donors (Lipinski definition) is 1. The first-order valence-corrected chi connectivity index (χ1v) is 5.12. The number of hydrogen-bond acceptors (Lipinski definition) is 4. The lowest BCUT2D eigenvalue weighted by molar-refractivity contribution is 0.618. The highest BCUT2D eigenvalue weighted by Gasteiger charge is 2.09. The van der Waals surface area contributed by atoms with E-state index in [1.54, 1.807) is 6.07 Å². The molecule has 0 fully saturated rings. The number of nitrogens with zero attached hydrogens (tertiary/aromatic N) is 3. The summed E-state index contributed by atoms with van der Waals surface area (Å²) in [5.74, 6) is -1.47. The van der Waals surface area contributed by atoms with Gasteiger partial charge in [0, 0.05) is 0 Å². The Hall–Kier alpha value is -2.26. The van der Waals surface area contributed by atoms with E-state index in [1.807, 2.05) is 0 Å². The van der Waals surface area contributed by atoms with Crippen LogP contribution in [0.1, 0.15) is 5.56 Å². The van der Waals surface area contributed by atoms with Crippen LogP contribution in [0.3, 0.4) is 0 Å². The third kappa shape index (κ3) is 2.52. The third-order valence-corrected chi connectivity index (χ3v) is 2.25. The van der Waals surface area contributed by atoms with Gasteiger partial charge in [0.25, 0.3) is 0 Å². The highest BCUT2D eigenvalue weighted by molar-refractivity contribution is 6.28. The average molecular weight is 267 g/mol. The van der Waals surface area contributed by atoms with E-state index in [4.69, 9.17) is 16.9 Å². The number of nitrogens with one attached hydrogen (secondary N) is 1. The van der Waals surface area contributed by atoms with E-state index < -0.39 is 11.6 Å². The maximum atomic E-state index is 13.4. The molecule has 4 nitrogen and oxygen atoms in total. The standard InChI is InChI=1S/C11H5ClF2N4/c12-11-16-5-8(14)10(18-11)17-9-2-1-7(13)3-6(9)4-15/h1-3,5H,(H,16,17,18). The number of nitriles is 1. The van der Waals surface area contributed by atoms with Crippen molar-refractivity contribution in [2.45, 2.75) is 0 Å². The van der Waals surface area contributed by atoms with Gasteiger partial charge in [0.2, 0.25) is 5.28 Å². The molecule has 18 heavy (non-hydrogen) atoms. The highest BCUT2D eigenvalue weighted by Crippen LogP contribution is 2.22. The number of benzene rings is 1. The van der Waals surface area contributed by atoms with Gasteiger partial charge in [0.05, 0.1) is 17.4 Å². The maximum Gasteiger partial charge on any atom is 0.224 e. The van der Waals surface area contributed by atoms with Crippen LogP contribution in [0.5, 0.6) is 0 Å². The van der Waals surface area contributed by atoms with E-state index in [2.05, 4.69) is 15.3 Å². The highest BCUT2D eigenvalue weighted by atomic mass is 35.5. The summed E-state index contributed by atoms with van der Waals surface area (Å²) in [5, 5.41) is 11.3. The van der Waals surface area contributed by atoms with Crippen LogP contribution in [0, 0.1) is 23.0 Å². The molecule has 1 aromatic heterocycles. The van der Waals surface area contributed by atoms with Crippen LogP contribution in [0.15, 0.2) is 24.4 Å². The quantitative estimate of drug-likeness (QED) is 0.849. The summed E-state index contributed by atoms with van der Waals surface area (Å²) in [7, 11) is 0. The predicted octanol–water partition coefficient (Wildman–Crippen LogP) is 3.02. The second kappa shape index (κ2) is 4.94. The molecule has 0 aliphatic carbocycles. The average Bonchev–Trinajstić information content (AvgIpc) is 2.36. The number of aromatic nitrogens is 2. The first-order valence-electron chi connectivity index (χ1n) is 4.75. The summed E-state index contributed by atoms with van der Waals surface area (Å²) in [5.41, 5.74) is 0.261. The fraction of sp³-hybridized carbons (Fsp3) is 0. The fourth-order valence-corrected chi connectivity index (χ4v) is 1.41. The lowest BCUT2D eigenvalue weighted by Crippen LogP contribution is -2.00. The molecule has 0 atom stereocenters. The molecule has 0 amide bonds. The van der Waals surface area contributed by atoms with Gasteiger partial charge in [-0.25, -0.2) is 13.8 Å². The number of rotatable bonds is 2. The van der Waals surface area contributed by atoms with Crippen molar-refractivity contribution in [3.8, 4) is 6.07 Å². The Balaban J connectivity index is 2.40. The molecule has 1 N–H and O–H groups in total. The van der Waals surface area contributed by atoms with E-state index in [1.165, 1.54) is 6.07 Å². The van der Waals surface area contributed by atoms with Crippen molar-refractivity contribution in [1.29, 1.82) is 5.26 Å². The molecule has 0 spiro atoms. The topological polar surface area (TPSA) is 61.6 Å². The molecule has 0 bridgehead atoms. The Morgan fingerprint density at radius 2 is 2.11 bits per heavy atom. The Kier molecular flexibility index (Phi) is 3.35. The summed E-state index contributed by atoms with van der Waals surface area (Å²) in [6, 6.07) is 5.27.